The number of piperazine rings is 1. The fourth-order valence-electron chi connectivity index (χ4n) is 5.26. The molecule has 0 aliphatic carbocycles. The lowest BCUT2D eigenvalue weighted by molar-refractivity contribution is -0.128. The topological polar surface area (TPSA) is 47.1 Å². The molecule has 0 N–H and O–H groups in total. The van der Waals surface area contributed by atoms with Gasteiger partial charge in [-0.05, 0) is 42.7 Å². The van der Waals surface area contributed by atoms with Crippen LogP contribution in [0.5, 0.6) is 0 Å². The number of nitrogens with zero attached hydrogens (tertiary/aromatic N) is 4. The SMILES string of the molecule is O=C(C1=CN(C2CCN(C(=O)c3ccccc3)CC2)CC=C1)N1CCN(Cc2ccc(F)cc2)CC1. The van der Waals surface area contributed by atoms with Gasteiger partial charge < -0.3 is 14.7 Å². The van der Waals surface area contributed by atoms with Crippen LogP contribution in [0.1, 0.15) is 28.8 Å². The molecule has 2 saturated heterocycles. The van der Waals surface area contributed by atoms with Crippen LogP contribution in [-0.2, 0) is 11.3 Å². The summed E-state index contributed by atoms with van der Waals surface area (Å²) >= 11 is 0. The number of piperidine rings is 1. The normalized spacial score (nSPS) is 19.4. The molecule has 5 rings (SSSR count). The molecule has 2 fully saturated rings. The number of carbonyl (C=O) groups is 2. The Kier molecular flexibility index (Phi) is 7.47. The Balaban J connectivity index is 1.12. The van der Waals surface area contributed by atoms with Crippen molar-refractivity contribution in [2.24, 2.45) is 0 Å². The van der Waals surface area contributed by atoms with Crippen molar-refractivity contribution < 1.29 is 14.0 Å². The Morgan fingerprint density at radius 3 is 2.17 bits per heavy atom. The number of halogens is 1. The predicted molar refractivity (Wildman–Crippen MR) is 138 cm³/mol. The van der Waals surface area contributed by atoms with Gasteiger partial charge in [0, 0.05) is 70.2 Å². The summed E-state index contributed by atoms with van der Waals surface area (Å²) in [5.41, 5.74) is 2.56. The first-order chi connectivity index (χ1) is 17.6. The van der Waals surface area contributed by atoms with E-state index in [0.717, 1.165) is 68.8 Å². The maximum absolute atomic E-state index is 13.2. The second-order valence-electron chi connectivity index (χ2n) is 9.77. The zero-order valence-corrected chi connectivity index (χ0v) is 20.6. The van der Waals surface area contributed by atoms with Gasteiger partial charge in [0.1, 0.15) is 5.82 Å². The summed E-state index contributed by atoms with van der Waals surface area (Å²) in [6.07, 6.45) is 7.82. The van der Waals surface area contributed by atoms with Crippen molar-refractivity contribution >= 4 is 11.8 Å². The van der Waals surface area contributed by atoms with Crippen molar-refractivity contribution in [2.75, 3.05) is 45.8 Å². The molecule has 0 aromatic heterocycles. The number of hydrogen-bond donors (Lipinski definition) is 0. The van der Waals surface area contributed by atoms with E-state index in [1.165, 1.54) is 12.1 Å². The van der Waals surface area contributed by atoms with Crippen LogP contribution < -0.4 is 0 Å². The lowest BCUT2D eigenvalue weighted by Crippen LogP contribution is -2.49. The van der Waals surface area contributed by atoms with Gasteiger partial charge in [-0.3, -0.25) is 14.5 Å². The van der Waals surface area contributed by atoms with Gasteiger partial charge in [0.2, 0.25) is 0 Å². The van der Waals surface area contributed by atoms with Crippen molar-refractivity contribution in [1.82, 2.24) is 19.6 Å². The first-order valence-electron chi connectivity index (χ1n) is 12.8. The highest BCUT2D eigenvalue weighted by Gasteiger charge is 2.29. The fourth-order valence-corrected chi connectivity index (χ4v) is 5.26. The molecule has 0 spiro atoms. The van der Waals surface area contributed by atoms with E-state index in [4.69, 9.17) is 0 Å². The summed E-state index contributed by atoms with van der Waals surface area (Å²) in [7, 11) is 0. The van der Waals surface area contributed by atoms with Gasteiger partial charge in [-0.15, -0.1) is 0 Å². The van der Waals surface area contributed by atoms with Crippen LogP contribution in [0.3, 0.4) is 0 Å². The quantitative estimate of drug-likeness (QED) is 0.646. The van der Waals surface area contributed by atoms with E-state index in [0.29, 0.717) is 19.1 Å². The minimum absolute atomic E-state index is 0.0778. The molecule has 3 aliphatic rings. The lowest BCUT2D eigenvalue weighted by Gasteiger charge is -2.39. The summed E-state index contributed by atoms with van der Waals surface area (Å²) in [5, 5.41) is 0. The molecule has 188 valence electrons. The summed E-state index contributed by atoms with van der Waals surface area (Å²) in [6, 6.07) is 16.4. The molecule has 3 aliphatic heterocycles. The van der Waals surface area contributed by atoms with E-state index in [2.05, 4.69) is 15.9 Å². The Morgan fingerprint density at radius 1 is 0.806 bits per heavy atom. The minimum atomic E-state index is -0.219. The van der Waals surface area contributed by atoms with Crippen LogP contribution in [0, 0.1) is 5.82 Å². The van der Waals surface area contributed by atoms with Crippen LogP contribution in [0.4, 0.5) is 4.39 Å². The number of rotatable bonds is 5. The molecule has 0 saturated carbocycles. The summed E-state index contributed by atoms with van der Waals surface area (Å²) in [5.74, 6) is -0.0464. The van der Waals surface area contributed by atoms with Crippen LogP contribution >= 0.6 is 0 Å². The minimum Gasteiger partial charge on any atom is -0.370 e. The van der Waals surface area contributed by atoms with Gasteiger partial charge in [0.15, 0.2) is 0 Å². The summed E-state index contributed by atoms with van der Waals surface area (Å²) < 4.78 is 13.2. The molecular weight excluding hydrogens is 455 g/mol. The van der Waals surface area contributed by atoms with Crippen LogP contribution in [-0.4, -0.2) is 83.3 Å². The number of hydrogen-bond acceptors (Lipinski definition) is 4. The fraction of sp³-hybridized carbons (Fsp3) is 0.379. The average molecular weight is 489 g/mol. The molecule has 2 aromatic carbocycles. The smallest absolute Gasteiger partial charge is 0.255 e. The molecular formula is C29H33FN4O2. The average Bonchev–Trinajstić information content (AvgIpc) is 2.94. The maximum Gasteiger partial charge on any atom is 0.255 e. The number of benzene rings is 2. The predicted octanol–water partition coefficient (Wildman–Crippen LogP) is 3.53. The molecule has 2 aromatic rings. The molecule has 0 radical (unpaired) electrons. The van der Waals surface area contributed by atoms with Crippen LogP contribution in [0.15, 0.2) is 78.5 Å². The van der Waals surface area contributed by atoms with Gasteiger partial charge >= 0.3 is 0 Å². The standard InChI is InChI=1S/C29H33FN4O2/c30-26-10-8-23(9-11-26)21-31-17-19-33(20-18-31)29(36)25-7-4-14-34(22-25)27-12-15-32(16-13-27)28(35)24-5-2-1-3-6-24/h1-11,22,27H,12-21H2. The van der Waals surface area contributed by atoms with E-state index in [1.54, 1.807) is 0 Å². The largest absolute Gasteiger partial charge is 0.370 e. The number of likely N-dealkylation sites (tertiary alicyclic amines) is 1. The number of amides is 2. The second-order valence-corrected chi connectivity index (χ2v) is 9.77. The van der Waals surface area contributed by atoms with Gasteiger partial charge in [-0.1, -0.05) is 42.5 Å². The van der Waals surface area contributed by atoms with Gasteiger partial charge in [-0.2, -0.15) is 0 Å². The van der Waals surface area contributed by atoms with Crippen molar-refractivity contribution in [3.8, 4) is 0 Å². The highest BCUT2D eigenvalue weighted by molar-refractivity contribution is 5.96. The zero-order chi connectivity index (χ0) is 24.9. The highest BCUT2D eigenvalue weighted by atomic mass is 19.1. The van der Waals surface area contributed by atoms with E-state index in [1.807, 2.05) is 64.5 Å². The molecule has 0 atom stereocenters. The Bertz CT molecular complexity index is 1120. The monoisotopic (exact) mass is 488 g/mol. The van der Waals surface area contributed by atoms with Gasteiger partial charge in [0.25, 0.3) is 11.8 Å². The van der Waals surface area contributed by atoms with E-state index >= 15 is 0 Å². The third-order valence-electron chi connectivity index (χ3n) is 7.39. The lowest BCUT2D eigenvalue weighted by atomic mass is 10.0. The second kappa shape index (κ2) is 11.1. The van der Waals surface area contributed by atoms with E-state index < -0.39 is 0 Å². The third-order valence-corrected chi connectivity index (χ3v) is 7.39. The van der Waals surface area contributed by atoms with E-state index in [9.17, 15) is 14.0 Å². The van der Waals surface area contributed by atoms with Crippen LogP contribution in [0.25, 0.3) is 0 Å². The first-order valence-corrected chi connectivity index (χ1v) is 12.8. The summed E-state index contributed by atoms with van der Waals surface area (Å²) in [4.78, 5) is 34.4. The summed E-state index contributed by atoms with van der Waals surface area (Å²) in [6.45, 7) is 5.99. The molecule has 2 amide bonds. The Hall–Kier alpha value is -3.45. The Labute approximate surface area is 212 Å². The van der Waals surface area contributed by atoms with Crippen LogP contribution in [0.2, 0.25) is 0 Å². The molecule has 0 unspecified atom stereocenters. The molecule has 7 heteroatoms. The third kappa shape index (κ3) is 5.68. The van der Waals surface area contributed by atoms with Crippen molar-refractivity contribution in [2.45, 2.75) is 25.4 Å². The molecule has 0 bridgehead atoms. The van der Waals surface area contributed by atoms with Crippen molar-refractivity contribution in [1.29, 1.82) is 0 Å². The number of carbonyl (C=O) groups excluding carboxylic acids is 2. The van der Waals surface area contributed by atoms with Gasteiger partial charge in [-0.25, -0.2) is 4.39 Å². The molecule has 36 heavy (non-hydrogen) atoms. The van der Waals surface area contributed by atoms with Crippen molar-refractivity contribution in [3.05, 3.63) is 95.5 Å². The Morgan fingerprint density at radius 2 is 1.47 bits per heavy atom. The first kappa shape index (κ1) is 24.3. The molecule has 3 heterocycles. The van der Waals surface area contributed by atoms with E-state index in [-0.39, 0.29) is 17.6 Å². The van der Waals surface area contributed by atoms with Crippen molar-refractivity contribution in [3.63, 3.8) is 0 Å². The maximum atomic E-state index is 13.2. The molecule has 6 nitrogen and oxygen atoms in total. The zero-order valence-electron chi connectivity index (χ0n) is 20.6. The highest BCUT2D eigenvalue weighted by Crippen LogP contribution is 2.23. The van der Waals surface area contributed by atoms with Gasteiger partial charge in [0.05, 0.1) is 5.57 Å².